The highest BCUT2D eigenvalue weighted by Crippen LogP contribution is 2.28. The molecular formula is C17H21BrN2O2. The van der Waals surface area contributed by atoms with E-state index >= 15 is 0 Å². The third kappa shape index (κ3) is 4.19. The first-order chi connectivity index (χ1) is 10.5. The Morgan fingerprint density at radius 1 is 1.32 bits per heavy atom. The van der Waals surface area contributed by atoms with Gasteiger partial charge >= 0.3 is 0 Å². The predicted molar refractivity (Wildman–Crippen MR) is 90.5 cm³/mol. The summed E-state index contributed by atoms with van der Waals surface area (Å²) in [4.78, 5) is 26.9. The van der Waals surface area contributed by atoms with Crippen molar-refractivity contribution in [2.45, 2.75) is 18.8 Å². The Labute approximate surface area is 139 Å². The van der Waals surface area contributed by atoms with Crippen molar-refractivity contribution in [3.63, 3.8) is 0 Å². The molecule has 0 aromatic heterocycles. The zero-order valence-electron chi connectivity index (χ0n) is 12.8. The maximum absolute atomic E-state index is 12.2. The number of hydrogen-bond donors (Lipinski definition) is 0. The van der Waals surface area contributed by atoms with E-state index in [4.69, 9.17) is 0 Å². The first-order valence-corrected chi connectivity index (χ1v) is 8.21. The number of likely N-dealkylation sites (tertiary alicyclic amines) is 1. The van der Waals surface area contributed by atoms with Crippen LogP contribution in [0.2, 0.25) is 0 Å². The van der Waals surface area contributed by atoms with E-state index in [-0.39, 0.29) is 18.4 Å². The van der Waals surface area contributed by atoms with Gasteiger partial charge in [-0.2, -0.15) is 0 Å². The number of likely N-dealkylation sites (N-methyl/N-ethyl adjacent to an activating group) is 1. The van der Waals surface area contributed by atoms with Crippen molar-refractivity contribution >= 4 is 27.7 Å². The summed E-state index contributed by atoms with van der Waals surface area (Å²) in [6, 6.07) is 8.40. The van der Waals surface area contributed by atoms with E-state index in [1.165, 1.54) is 16.5 Å². The van der Waals surface area contributed by atoms with Crippen LogP contribution in [-0.2, 0) is 9.59 Å². The quantitative estimate of drug-likeness (QED) is 0.770. The number of rotatable bonds is 4. The lowest BCUT2D eigenvalue weighted by molar-refractivity contribution is -0.138. The molecule has 2 rings (SSSR count). The molecule has 1 fully saturated rings. The second-order valence-corrected chi connectivity index (χ2v) is 6.52. The summed E-state index contributed by atoms with van der Waals surface area (Å²) in [5.41, 5.74) is 1.33. The molecule has 1 heterocycles. The summed E-state index contributed by atoms with van der Waals surface area (Å²) in [6.07, 6.45) is 3.16. The maximum Gasteiger partial charge on any atom is 0.246 e. The molecule has 1 aromatic rings. The fourth-order valence-corrected chi connectivity index (χ4v) is 3.00. The Kier molecular flexibility index (Phi) is 5.77. The van der Waals surface area contributed by atoms with Crippen LogP contribution < -0.4 is 0 Å². The van der Waals surface area contributed by atoms with Crippen LogP contribution in [-0.4, -0.2) is 48.3 Å². The lowest BCUT2D eigenvalue weighted by atomic mass is 9.89. The SMILES string of the molecule is C=CC(=O)N(C)CC(=O)N1CCC(c2ccc(Br)cc2)CC1. The lowest BCUT2D eigenvalue weighted by Crippen LogP contribution is -2.44. The van der Waals surface area contributed by atoms with Crippen molar-refractivity contribution in [3.8, 4) is 0 Å². The largest absolute Gasteiger partial charge is 0.341 e. The zero-order valence-corrected chi connectivity index (χ0v) is 14.4. The number of carbonyl (C=O) groups excluding carboxylic acids is 2. The van der Waals surface area contributed by atoms with Gasteiger partial charge in [0.05, 0.1) is 6.54 Å². The Morgan fingerprint density at radius 2 is 1.91 bits per heavy atom. The third-order valence-electron chi connectivity index (χ3n) is 4.11. The monoisotopic (exact) mass is 364 g/mol. The molecule has 0 radical (unpaired) electrons. The van der Waals surface area contributed by atoms with Crippen molar-refractivity contribution in [1.82, 2.24) is 9.80 Å². The summed E-state index contributed by atoms with van der Waals surface area (Å²) in [5, 5.41) is 0. The van der Waals surface area contributed by atoms with Crippen molar-refractivity contribution in [2.24, 2.45) is 0 Å². The Hall–Kier alpha value is -1.62. The molecule has 22 heavy (non-hydrogen) atoms. The number of carbonyl (C=O) groups is 2. The Balaban J connectivity index is 1.86. The summed E-state index contributed by atoms with van der Waals surface area (Å²) < 4.78 is 1.08. The second kappa shape index (κ2) is 7.58. The molecule has 4 nitrogen and oxygen atoms in total. The minimum atomic E-state index is -0.224. The van der Waals surface area contributed by atoms with Gasteiger partial charge in [-0.1, -0.05) is 34.6 Å². The van der Waals surface area contributed by atoms with E-state index in [1.54, 1.807) is 7.05 Å². The van der Waals surface area contributed by atoms with Gasteiger partial charge in [0.15, 0.2) is 0 Å². The molecule has 0 unspecified atom stereocenters. The van der Waals surface area contributed by atoms with E-state index in [9.17, 15) is 9.59 Å². The maximum atomic E-state index is 12.2. The molecule has 2 amide bonds. The minimum absolute atomic E-state index is 0.00644. The molecule has 0 spiro atoms. The van der Waals surface area contributed by atoms with Crippen molar-refractivity contribution < 1.29 is 9.59 Å². The standard InChI is InChI=1S/C17H21BrN2O2/c1-3-16(21)19(2)12-17(22)20-10-8-14(9-11-20)13-4-6-15(18)7-5-13/h3-7,14H,1,8-12H2,2H3. The van der Waals surface area contributed by atoms with Crippen LogP contribution in [0.4, 0.5) is 0 Å². The summed E-state index contributed by atoms with van der Waals surface area (Å²) in [6.45, 7) is 5.04. The third-order valence-corrected chi connectivity index (χ3v) is 4.64. The Bertz CT molecular complexity index is 548. The normalized spacial score (nSPS) is 15.5. The van der Waals surface area contributed by atoms with Crippen LogP contribution >= 0.6 is 15.9 Å². The fourth-order valence-electron chi connectivity index (χ4n) is 2.73. The number of nitrogens with zero attached hydrogens (tertiary/aromatic N) is 2. The van der Waals surface area contributed by atoms with Crippen molar-refractivity contribution in [2.75, 3.05) is 26.7 Å². The highest BCUT2D eigenvalue weighted by Gasteiger charge is 2.24. The first-order valence-electron chi connectivity index (χ1n) is 7.42. The lowest BCUT2D eigenvalue weighted by Gasteiger charge is -2.33. The summed E-state index contributed by atoms with van der Waals surface area (Å²) in [7, 11) is 1.62. The number of hydrogen-bond acceptors (Lipinski definition) is 2. The molecule has 118 valence electrons. The van der Waals surface area contributed by atoms with Crippen LogP contribution in [0, 0.1) is 0 Å². The smallest absolute Gasteiger partial charge is 0.246 e. The van der Waals surface area contributed by atoms with Gasteiger partial charge < -0.3 is 9.80 Å². The number of amides is 2. The van der Waals surface area contributed by atoms with Crippen LogP contribution in [0.5, 0.6) is 0 Å². The van der Waals surface area contributed by atoms with E-state index < -0.39 is 0 Å². The average molecular weight is 365 g/mol. The molecule has 1 aliphatic rings. The van der Waals surface area contributed by atoms with Crippen LogP contribution in [0.25, 0.3) is 0 Å². The number of halogens is 1. The van der Waals surface area contributed by atoms with Gasteiger partial charge in [-0.05, 0) is 42.5 Å². The van der Waals surface area contributed by atoms with Crippen molar-refractivity contribution in [1.29, 1.82) is 0 Å². The molecule has 0 saturated carbocycles. The molecule has 0 atom stereocenters. The Morgan fingerprint density at radius 3 is 2.45 bits per heavy atom. The summed E-state index contributed by atoms with van der Waals surface area (Å²) in [5.74, 6) is 0.287. The van der Waals surface area contributed by atoms with Gasteiger partial charge in [-0.15, -0.1) is 0 Å². The van der Waals surface area contributed by atoms with Crippen LogP contribution in [0.3, 0.4) is 0 Å². The van der Waals surface area contributed by atoms with Gasteiger partial charge in [0, 0.05) is 24.6 Å². The molecular weight excluding hydrogens is 344 g/mol. The van der Waals surface area contributed by atoms with Crippen molar-refractivity contribution in [3.05, 3.63) is 47.0 Å². The van der Waals surface area contributed by atoms with E-state index in [2.05, 4.69) is 46.8 Å². The van der Waals surface area contributed by atoms with Crippen LogP contribution in [0.1, 0.15) is 24.3 Å². The molecule has 0 bridgehead atoms. The topological polar surface area (TPSA) is 40.6 Å². The zero-order chi connectivity index (χ0) is 16.1. The molecule has 0 aliphatic carbocycles. The molecule has 1 aromatic carbocycles. The molecule has 1 aliphatic heterocycles. The molecule has 1 saturated heterocycles. The molecule has 5 heteroatoms. The highest BCUT2D eigenvalue weighted by molar-refractivity contribution is 9.10. The van der Waals surface area contributed by atoms with Gasteiger partial charge in [-0.3, -0.25) is 9.59 Å². The molecule has 0 N–H and O–H groups in total. The van der Waals surface area contributed by atoms with E-state index in [0.29, 0.717) is 5.92 Å². The number of benzene rings is 1. The summed E-state index contributed by atoms with van der Waals surface area (Å²) >= 11 is 3.45. The highest BCUT2D eigenvalue weighted by atomic mass is 79.9. The first kappa shape index (κ1) is 16.7. The minimum Gasteiger partial charge on any atom is -0.341 e. The van der Waals surface area contributed by atoms with Gasteiger partial charge in [0.2, 0.25) is 11.8 Å². The fraction of sp³-hybridized carbons (Fsp3) is 0.412. The average Bonchev–Trinajstić information content (AvgIpc) is 2.54. The van der Waals surface area contributed by atoms with E-state index in [1.807, 2.05) is 4.90 Å². The van der Waals surface area contributed by atoms with Gasteiger partial charge in [-0.25, -0.2) is 0 Å². The van der Waals surface area contributed by atoms with Crippen LogP contribution in [0.15, 0.2) is 41.4 Å². The van der Waals surface area contributed by atoms with Gasteiger partial charge in [0.1, 0.15) is 0 Å². The second-order valence-electron chi connectivity index (χ2n) is 5.61. The number of piperidine rings is 1. The predicted octanol–water partition coefficient (Wildman–Crippen LogP) is 2.80. The van der Waals surface area contributed by atoms with E-state index in [0.717, 1.165) is 30.4 Å². The van der Waals surface area contributed by atoms with Gasteiger partial charge in [0.25, 0.3) is 0 Å².